The maximum atomic E-state index is 12.7. The summed E-state index contributed by atoms with van der Waals surface area (Å²) >= 11 is 0. The number of aromatic nitrogens is 2. The van der Waals surface area contributed by atoms with E-state index in [1.807, 2.05) is 0 Å². The predicted octanol–water partition coefficient (Wildman–Crippen LogP) is 2.76. The Bertz CT molecular complexity index is 1290. The van der Waals surface area contributed by atoms with E-state index in [2.05, 4.69) is 16.0 Å². The standard InChI is InChI=1S/C23H23F3N4O5/c1-3-30-22(33)16-7-5-4-6-15(16)20(29-30)21(32)28-27-19(31)11-9-14-8-10-17(18(12-14)34-2)35-13-23(24,25)26/h4-8,10,12H,3,9,11,13H2,1-2H3,(H,27,31)(H,28,32). The van der Waals surface area contributed by atoms with Gasteiger partial charge >= 0.3 is 6.18 Å². The van der Waals surface area contributed by atoms with Crippen LogP contribution in [0.25, 0.3) is 10.8 Å². The fourth-order valence-corrected chi connectivity index (χ4v) is 3.27. The monoisotopic (exact) mass is 492 g/mol. The van der Waals surface area contributed by atoms with Gasteiger partial charge in [-0.05, 0) is 37.1 Å². The number of carbonyl (C=O) groups excluding carboxylic acids is 2. The number of hydrazine groups is 1. The number of benzene rings is 2. The predicted molar refractivity (Wildman–Crippen MR) is 120 cm³/mol. The van der Waals surface area contributed by atoms with E-state index in [9.17, 15) is 27.6 Å². The normalized spacial score (nSPS) is 11.2. The van der Waals surface area contributed by atoms with Gasteiger partial charge in [0.05, 0.1) is 12.5 Å². The average molecular weight is 492 g/mol. The minimum Gasteiger partial charge on any atom is -0.493 e. The van der Waals surface area contributed by atoms with Crippen molar-refractivity contribution in [2.45, 2.75) is 32.5 Å². The molecule has 2 amide bonds. The highest BCUT2D eigenvalue weighted by molar-refractivity contribution is 6.05. The van der Waals surface area contributed by atoms with Gasteiger partial charge in [0.25, 0.3) is 11.5 Å². The van der Waals surface area contributed by atoms with Crippen molar-refractivity contribution in [3.63, 3.8) is 0 Å². The quantitative estimate of drug-likeness (QED) is 0.468. The number of aryl methyl sites for hydroxylation is 2. The first kappa shape index (κ1) is 25.5. The molecule has 12 heteroatoms. The van der Waals surface area contributed by atoms with Crippen LogP contribution in [-0.4, -0.2) is 41.5 Å². The second-order valence-corrected chi connectivity index (χ2v) is 7.41. The molecule has 35 heavy (non-hydrogen) atoms. The van der Waals surface area contributed by atoms with Crippen molar-refractivity contribution < 1.29 is 32.2 Å². The first-order valence-corrected chi connectivity index (χ1v) is 10.6. The number of fused-ring (bicyclic) bond motifs is 1. The van der Waals surface area contributed by atoms with Crippen LogP contribution in [0.3, 0.4) is 0 Å². The summed E-state index contributed by atoms with van der Waals surface area (Å²) in [7, 11) is 1.29. The molecule has 0 spiro atoms. The van der Waals surface area contributed by atoms with Gasteiger partial charge in [-0.3, -0.25) is 25.2 Å². The van der Waals surface area contributed by atoms with Gasteiger partial charge in [0, 0.05) is 18.4 Å². The van der Waals surface area contributed by atoms with Crippen molar-refractivity contribution in [1.82, 2.24) is 20.6 Å². The van der Waals surface area contributed by atoms with Crippen molar-refractivity contribution >= 4 is 22.6 Å². The molecule has 0 saturated carbocycles. The molecule has 1 aromatic heterocycles. The Kier molecular flexibility index (Phi) is 7.94. The van der Waals surface area contributed by atoms with E-state index in [1.54, 1.807) is 31.2 Å². The number of nitrogens with zero attached hydrogens (tertiary/aromatic N) is 2. The molecule has 0 unspecified atom stereocenters. The summed E-state index contributed by atoms with van der Waals surface area (Å²) in [5, 5.41) is 4.78. The molecule has 186 valence electrons. The van der Waals surface area contributed by atoms with Gasteiger partial charge in [-0.1, -0.05) is 24.3 Å². The Balaban J connectivity index is 1.61. The van der Waals surface area contributed by atoms with Crippen molar-refractivity contribution in [2.75, 3.05) is 13.7 Å². The molecule has 0 bridgehead atoms. The van der Waals surface area contributed by atoms with E-state index < -0.39 is 24.6 Å². The molecular formula is C23H23F3N4O5. The van der Waals surface area contributed by atoms with Gasteiger partial charge in [0.2, 0.25) is 5.91 Å². The average Bonchev–Trinajstić information content (AvgIpc) is 2.84. The van der Waals surface area contributed by atoms with E-state index in [0.29, 0.717) is 16.3 Å². The van der Waals surface area contributed by atoms with Gasteiger partial charge in [0.1, 0.15) is 0 Å². The fourth-order valence-electron chi connectivity index (χ4n) is 3.27. The van der Waals surface area contributed by atoms with Crippen LogP contribution in [0.2, 0.25) is 0 Å². The van der Waals surface area contributed by atoms with Crippen molar-refractivity contribution in [3.05, 3.63) is 64.1 Å². The van der Waals surface area contributed by atoms with Crippen LogP contribution in [0.5, 0.6) is 11.5 Å². The first-order valence-electron chi connectivity index (χ1n) is 10.6. The van der Waals surface area contributed by atoms with Gasteiger partial charge in [-0.25, -0.2) is 4.68 Å². The summed E-state index contributed by atoms with van der Waals surface area (Å²) in [6.45, 7) is 0.529. The molecule has 0 atom stereocenters. The highest BCUT2D eigenvalue weighted by Gasteiger charge is 2.29. The summed E-state index contributed by atoms with van der Waals surface area (Å²) in [6.07, 6.45) is -4.30. The summed E-state index contributed by atoms with van der Waals surface area (Å²) in [5.41, 5.74) is 4.87. The number of methoxy groups -OCH3 is 1. The largest absolute Gasteiger partial charge is 0.493 e. The van der Waals surface area contributed by atoms with Crippen LogP contribution in [0, 0.1) is 0 Å². The molecule has 0 fully saturated rings. The lowest BCUT2D eigenvalue weighted by atomic mass is 10.1. The summed E-state index contributed by atoms with van der Waals surface area (Å²) in [5.74, 6) is -1.17. The lowest BCUT2D eigenvalue weighted by Gasteiger charge is -2.14. The van der Waals surface area contributed by atoms with Crippen LogP contribution in [-0.2, 0) is 17.8 Å². The second-order valence-electron chi connectivity index (χ2n) is 7.41. The van der Waals surface area contributed by atoms with Gasteiger partial charge in [0.15, 0.2) is 23.8 Å². The molecule has 0 aliphatic rings. The smallest absolute Gasteiger partial charge is 0.422 e. The number of carbonyl (C=O) groups is 2. The topological polar surface area (TPSA) is 112 Å². The van der Waals surface area contributed by atoms with Crippen LogP contribution < -0.4 is 25.9 Å². The highest BCUT2D eigenvalue weighted by Crippen LogP contribution is 2.30. The minimum atomic E-state index is -4.48. The van der Waals surface area contributed by atoms with Crippen LogP contribution in [0.15, 0.2) is 47.3 Å². The Labute approximate surface area is 197 Å². The van der Waals surface area contributed by atoms with Crippen LogP contribution in [0.1, 0.15) is 29.4 Å². The number of hydrogen-bond acceptors (Lipinski definition) is 6. The number of alkyl halides is 3. The van der Waals surface area contributed by atoms with Crippen molar-refractivity contribution in [2.24, 2.45) is 0 Å². The summed E-state index contributed by atoms with van der Waals surface area (Å²) in [4.78, 5) is 37.3. The number of amides is 2. The SMILES string of the molecule is CCn1nc(C(=O)NNC(=O)CCc2ccc(OCC(F)(F)F)c(OC)c2)c2ccccc2c1=O. The molecule has 3 aromatic rings. The Morgan fingerprint density at radius 3 is 2.43 bits per heavy atom. The van der Waals surface area contributed by atoms with E-state index in [0.717, 1.165) is 4.68 Å². The molecule has 1 heterocycles. The van der Waals surface area contributed by atoms with Gasteiger partial charge in [-0.2, -0.15) is 18.3 Å². The number of rotatable bonds is 8. The molecule has 2 aromatic carbocycles. The third-order valence-electron chi connectivity index (χ3n) is 4.96. The van der Waals surface area contributed by atoms with Crippen LogP contribution >= 0.6 is 0 Å². The number of nitrogens with one attached hydrogen (secondary N) is 2. The molecule has 2 N–H and O–H groups in total. The Morgan fingerprint density at radius 1 is 1.06 bits per heavy atom. The fraction of sp³-hybridized carbons (Fsp3) is 0.304. The van der Waals surface area contributed by atoms with Gasteiger partial charge < -0.3 is 9.47 Å². The van der Waals surface area contributed by atoms with E-state index in [1.165, 1.54) is 25.3 Å². The Morgan fingerprint density at radius 2 is 1.77 bits per heavy atom. The number of ether oxygens (including phenoxy) is 2. The third kappa shape index (κ3) is 6.49. The third-order valence-corrected chi connectivity index (χ3v) is 4.96. The summed E-state index contributed by atoms with van der Waals surface area (Å²) in [6, 6.07) is 10.9. The molecular weight excluding hydrogens is 469 g/mol. The number of halogens is 3. The molecule has 0 aliphatic heterocycles. The lowest BCUT2D eigenvalue weighted by Crippen LogP contribution is -2.42. The van der Waals surface area contributed by atoms with E-state index >= 15 is 0 Å². The van der Waals surface area contributed by atoms with E-state index in [4.69, 9.17) is 9.47 Å². The molecule has 3 rings (SSSR count). The first-order chi connectivity index (χ1) is 16.6. The highest BCUT2D eigenvalue weighted by atomic mass is 19.4. The van der Waals surface area contributed by atoms with Crippen molar-refractivity contribution in [3.8, 4) is 11.5 Å². The molecule has 0 aliphatic carbocycles. The minimum absolute atomic E-state index is 0.0125. The molecule has 9 nitrogen and oxygen atoms in total. The number of hydrogen-bond donors (Lipinski definition) is 2. The maximum absolute atomic E-state index is 12.7. The lowest BCUT2D eigenvalue weighted by molar-refractivity contribution is -0.153. The maximum Gasteiger partial charge on any atom is 0.422 e. The molecule has 0 saturated heterocycles. The second kappa shape index (κ2) is 10.9. The molecule has 0 radical (unpaired) electrons. The van der Waals surface area contributed by atoms with Crippen LogP contribution in [0.4, 0.5) is 13.2 Å². The van der Waals surface area contributed by atoms with Gasteiger partial charge in [-0.15, -0.1) is 0 Å². The van der Waals surface area contributed by atoms with Crippen molar-refractivity contribution in [1.29, 1.82) is 0 Å². The zero-order valence-corrected chi connectivity index (χ0v) is 18.9. The zero-order chi connectivity index (χ0) is 25.6. The van der Waals surface area contributed by atoms with E-state index in [-0.39, 0.29) is 42.1 Å². The Hall–Kier alpha value is -4.09. The zero-order valence-electron chi connectivity index (χ0n) is 18.9. The summed E-state index contributed by atoms with van der Waals surface area (Å²) < 4.78 is 48.1.